The second kappa shape index (κ2) is 17.5. The molecule has 3 saturated carbocycles. The van der Waals surface area contributed by atoms with Gasteiger partial charge in [0.2, 0.25) is 0 Å². The van der Waals surface area contributed by atoms with Gasteiger partial charge in [0.15, 0.2) is 0 Å². The highest BCUT2D eigenvalue weighted by Crippen LogP contribution is 2.67. The van der Waals surface area contributed by atoms with E-state index in [1.165, 1.54) is 70.6 Å². The number of aliphatic hydroxyl groups excluding tert-OH is 1. The molecule has 9 atom stereocenters. The summed E-state index contributed by atoms with van der Waals surface area (Å²) in [7, 11) is 5.83. The molecule has 0 spiro atoms. The fourth-order valence-electron chi connectivity index (χ4n) is 9.94. The summed E-state index contributed by atoms with van der Waals surface area (Å²) < 4.78 is 16.4. The van der Waals surface area contributed by atoms with E-state index in [4.69, 9.17) is 19.3 Å². The van der Waals surface area contributed by atoms with Gasteiger partial charge in [-0.05, 0) is 118 Å². The van der Waals surface area contributed by atoms with Gasteiger partial charge < -0.3 is 24.2 Å². The highest BCUT2D eigenvalue weighted by Gasteiger charge is 2.59. The monoisotopic (exact) mass is 606 g/mol. The van der Waals surface area contributed by atoms with Crippen LogP contribution in [0.4, 0.5) is 0 Å². The molecule has 0 amide bonds. The first-order valence-corrected chi connectivity index (χ1v) is 18.2. The normalized spacial score (nSPS) is 35.0. The number of hydrogen-bond donors (Lipinski definition) is 1. The second-order valence-electron chi connectivity index (χ2n) is 15.9. The quantitative estimate of drug-likeness (QED) is 0.150. The minimum absolute atomic E-state index is 0.0615. The van der Waals surface area contributed by atoms with Gasteiger partial charge in [-0.3, -0.25) is 0 Å². The summed E-state index contributed by atoms with van der Waals surface area (Å²) in [6.45, 7) is 17.5. The predicted octanol–water partition coefficient (Wildman–Crippen LogP) is 8.39. The molecule has 4 rings (SSSR count). The predicted molar refractivity (Wildman–Crippen MR) is 180 cm³/mol. The van der Waals surface area contributed by atoms with Gasteiger partial charge >= 0.3 is 0 Å². The number of methoxy groups -OCH3 is 1. The van der Waals surface area contributed by atoms with Crippen molar-refractivity contribution in [3.63, 3.8) is 0 Å². The molecule has 252 valence electrons. The molecule has 0 aromatic carbocycles. The lowest BCUT2D eigenvalue weighted by Gasteiger charge is -2.58. The molecule has 6 unspecified atom stereocenters. The Morgan fingerprint density at radius 2 is 1.74 bits per heavy atom. The maximum absolute atomic E-state index is 8.99. The molecule has 0 aromatic rings. The third kappa shape index (κ3) is 9.53. The highest BCUT2D eigenvalue weighted by molar-refractivity contribution is 5.25. The summed E-state index contributed by atoms with van der Waals surface area (Å²) in [5.74, 6) is 5.63. The molecule has 4 aliphatic rings. The molecule has 1 N–H and O–H groups in total. The molecule has 0 saturated heterocycles. The number of allylic oxidation sites excluding steroid dienone is 1. The molecule has 5 heteroatoms. The van der Waals surface area contributed by atoms with Gasteiger partial charge in [0.25, 0.3) is 0 Å². The van der Waals surface area contributed by atoms with Gasteiger partial charge in [-0.2, -0.15) is 0 Å². The fraction of sp³-hybridized carbons (Fsp3) is 0.947. The summed E-state index contributed by atoms with van der Waals surface area (Å²) in [5, 5.41) is 8.99. The number of hydrogen-bond acceptors (Lipinski definition) is 5. The van der Waals surface area contributed by atoms with Crippen molar-refractivity contribution in [2.75, 3.05) is 54.2 Å². The number of rotatable bonds is 15. The first-order valence-electron chi connectivity index (χ1n) is 18.2. The van der Waals surface area contributed by atoms with Crippen LogP contribution in [-0.4, -0.2) is 76.4 Å². The van der Waals surface area contributed by atoms with E-state index >= 15 is 0 Å². The van der Waals surface area contributed by atoms with Crippen LogP contribution in [0, 0.1) is 46.3 Å². The Hall–Kier alpha value is -0.460. The van der Waals surface area contributed by atoms with Crippen LogP contribution in [0.2, 0.25) is 0 Å². The maximum Gasteiger partial charge on any atom is 0.0933 e. The summed E-state index contributed by atoms with van der Waals surface area (Å²) in [4.78, 5) is 1.99. The lowest BCUT2D eigenvalue weighted by Crippen LogP contribution is -2.50. The minimum atomic E-state index is -0.102. The van der Waals surface area contributed by atoms with Crippen LogP contribution >= 0.6 is 0 Å². The van der Waals surface area contributed by atoms with Gasteiger partial charge in [-0.15, -0.1) is 0 Å². The van der Waals surface area contributed by atoms with E-state index in [1.54, 1.807) is 5.57 Å². The fourth-order valence-corrected chi connectivity index (χ4v) is 9.94. The average Bonchev–Trinajstić information content (AvgIpc) is 3.33. The van der Waals surface area contributed by atoms with Crippen molar-refractivity contribution in [1.82, 2.24) is 4.90 Å². The van der Waals surface area contributed by atoms with E-state index in [-0.39, 0.29) is 12.7 Å². The van der Waals surface area contributed by atoms with Crippen molar-refractivity contribution >= 4 is 0 Å². The van der Waals surface area contributed by atoms with Gasteiger partial charge in [0.05, 0.1) is 32.0 Å². The van der Waals surface area contributed by atoms with Crippen molar-refractivity contribution in [3.05, 3.63) is 11.6 Å². The number of aliphatic hydroxyl groups is 1. The average molecular weight is 606 g/mol. The second-order valence-corrected chi connectivity index (χ2v) is 15.9. The van der Waals surface area contributed by atoms with E-state index in [2.05, 4.69) is 47.6 Å². The summed E-state index contributed by atoms with van der Waals surface area (Å²) in [6, 6.07) is 0. The molecular formula is C38H71NO4. The van der Waals surface area contributed by atoms with Gasteiger partial charge in [0, 0.05) is 20.3 Å². The van der Waals surface area contributed by atoms with Crippen molar-refractivity contribution in [2.45, 2.75) is 131 Å². The summed E-state index contributed by atoms with van der Waals surface area (Å²) >= 11 is 0. The molecule has 5 nitrogen and oxygen atoms in total. The Labute approximate surface area is 266 Å². The van der Waals surface area contributed by atoms with E-state index in [1.807, 2.05) is 26.1 Å². The Bertz CT molecular complexity index is 829. The van der Waals surface area contributed by atoms with Crippen LogP contribution in [-0.2, 0) is 14.2 Å². The zero-order valence-electron chi connectivity index (χ0n) is 29.8. The number of nitrogens with zero attached hydrogens (tertiary/aromatic N) is 1. The number of ether oxygens (including phenoxy) is 3. The van der Waals surface area contributed by atoms with Crippen molar-refractivity contribution in [1.29, 1.82) is 0 Å². The molecule has 3 fully saturated rings. The molecule has 4 aliphatic carbocycles. The topological polar surface area (TPSA) is 51.2 Å². The van der Waals surface area contributed by atoms with Crippen LogP contribution in [0.1, 0.15) is 119 Å². The van der Waals surface area contributed by atoms with E-state index < -0.39 is 0 Å². The van der Waals surface area contributed by atoms with Gasteiger partial charge in [0.1, 0.15) is 0 Å². The minimum Gasteiger partial charge on any atom is -0.394 e. The molecule has 0 bridgehead atoms. The third-order valence-electron chi connectivity index (χ3n) is 12.3. The third-order valence-corrected chi connectivity index (χ3v) is 12.3. The van der Waals surface area contributed by atoms with Gasteiger partial charge in [-0.1, -0.05) is 72.5 Å². The zero-order valence-corrected chi connectivity index (χ0v) is 29.8. The molecule has 43 heavy (non-hydrogen) atoms. The lowest BCUT2D eigenvalue weighted by atomic mass is 9.47. The largest absolute Gasteiger partial charge is 0.394 e. The Balaban J connectivity index is 0.000000308. The van der Waals surface area contributed by atoms with Crippen LogP contribution in [0.3, 0.4) is 0 Å². The van der Waals surface area contributed by atoms with E-state index in [0.717, 1.165) is 55.1 Å². The summed E-state index contributed by atoms with van der Waals surface area (Å²) in [5.41, 5.74) is 2.85. The Kier molecular flexibility index (Phi) is 15.0. The maximum atomic E-state index is 8.99. The molecule has 0 aromatic heterocycles. The summed E-state index contributed by atoms with van der Waals surface area (Å²) in [6.07, 6.45) is 19.6. The lowest BCUT2D eigenvalue weighted by molar-refractivity contribution is -0.0601. The van der Waals surface area contributed by atoms with Crippen LogP contribution in [0.5, 0.6) is 0 Å². The molecule has 0 radical (unpaired) electrons. The SMILES string of the molecule is CCCOCCOC(CO)CN(C)C.CO[C@H]1CC[C@@]2(C)C(=CCC3C4CCC(C(C)CCCC(C)C)[C@@]4(C)CCC32)C1. The highest BCUT2D eigenvalue weighted by atomic mass is 16.5. The van der Waals surface area contributed by atoms with Gasteiger partial charge in [-0.25, -0.2) is 0 Å². The Morgan fingerprint density at radius 1 is 0.977 bits per heavy atom. The van der Waals surface area contributed by atoms with Crippen LogP contribution in [0.25, 0.3) is 0 Å². The van der Waals surface area contributed by atoms with E-state index in [9.17, 15) is 0 Å². The van der Waals surface area contributed by atoms with Crippen molar-refractivity contribution in [2.24, 2.45) is 46.3 Å². The van der Waals surface area contributed by atoms with Crippen LogP contribution in [0.15, 0.2) is 11.6 Å². The first-order chi connectivity index (χ1) is 20.5. The molecule has 0 heterocycles. The number of fused-ring (bicyclic) bond motifs is 5. The standard InChI is InChI=1S/C28H48O.C10H23NO3/c1-19(2)8-7-9-20(3)24-12-13-25-23-11-10-21-18-22(29-6)14-16-27(21,4)26(23)15-17-28(24,25)5;1-4-5-13-6-7-14-10(9-12)8-11(2)3/h10,19-20,22-26H,7-9,11-18H2,1-6H3;10,12H,4-9H2,1-3H3/t20?,22-,23?,24?,25?,26?,27-,28+;/m0./s1. The van der Waals surface area contributed by atoms with Crippen LogP contribution < -0.4 is 0 Å². The smallest absolute Gasteiger partial charge is 0.0933 e. The first kappa shape index (κ1) is 37.0. The van der Waals surface area contributed by atoms with Crippen molar-refractivity contribution < 1.29 is 19.3 Å². The molecule has 0 aliphatic heterocycles. The van der Waals surface area contributed by atoms with E-state index in [0.29, 0.717) is 30.1 Å². The molecular weight excluding hydrogens is 534 g/mol. The van der Waals surface area contributed by atoms with Crippen molar-refractivity contribution in [3.8, 4) is 0 Å². The number of likely N-dealkylation sites (N-methyl/N-ethyl adjacent to an activating group) is 1. The zero-order chi connectivity index (χ0) is 31.6. The Morgan fingerprint density at radius 3 is 2.40 bits per heavy atom.